The first-order chi connectivity index (χ1) is 6.68. The van der Waals surface area contributed by atoms with Crippen LogP contribution in [0.25, 0.3) is 0 Å². The van der Waals surface area contributed by atoms with E-state index in [2.05, 4.69) is 9.72 Å². The third kappa shape index (κ3) is 5.64. The molecule has 0 bridgehead atoms. The molecule has 6 heteroatoms. The van der Waals surface area contributed by atoms with Crippen molar-refractivity contribution < 1.29 is 14.3 Å². The van der Waals surface area contributed by atoms with Crippen molar-refractivity contribution in [1.82, 2.24) is 4.98 Å². The minimum absolute atomic E-state index is 0. The number of aromatic nitrogens is 1. The fourth-order valence-corrected chi connectivity index (χ4v) is 0.872. The van der Waals surface area contributed by atoms with Gasteiger partial charge in [-0.15, -0.1) is 12.4 Å². The summed E-state index contributed by atoms with van der Waals surface area (Å²) < 4.78 is 4.57. The number of nitrogens with zero attached hydrogens (tertiary/aromatic N) is 1. The summed E-state index contributed by atoms with van der Waals surface area (Å²) in [5, 5.41) is 0. The first-order valence-electron chi connectivity index (χ1n) is 4.01. The van der Waals surface area contributed by atoms with Crippen LogP contribution in [-0.4, -0.2) is 23.5 Å². The molecule has 2 N–H and O–H groups in total. The monoisotopic (exact) mass is 230 g/mol. The highest BCUT2D eigenvalue weighted by atomic mass is 35.5. The van der Waals surface area contributed by atoms with E-state index in [1.807, 2.05) is 0 Å². The fourth-order valence-electron chi connectivity index (χ4n) is 0.872. The maximum absolute atomic E-state index is 11.1. The smallest absolute Gasteiger partial charge is 0.310 e. The van der Waals surface area contributed by atoms with Gasteiger partial charge in [0.15, 0.2) is 6.61 Å². The Morgan fingerprint density at radius 2 is 2.20 bits per heavy atom. The van der Waals surface area contributed by atoms with E-state index in [-0.39, 0.29) is 25.4 Å². The summed E-state index contributed by atoms with van der Waals surface area (Å²) in [7, 11) is 0. The SMILES string of the molecule is Cl.NC(=O)COC(=O)Cc1cccnc1. The van der Waals surface area contributed by atoms with E-state index >= 15 is 0 Å². The molecule has 1 heterocycles. The van der Waals surface area contributed by atoms with Crippen LogP contribution in [0.2, 0.25) is 0 Å². The summed E-state index contributed by atoms with van der Waals surface area (Å²) in [5.41, 5.74) is 5.54. The van der Waals surface area contributed by atoms with Crippen LogP contribution in [0.3, 0.4) is 0 Å². The Morgan fingerprint density at radius 3 is 2.73 bits per heavy atom. The van der Waals surface area contributed by atoms with E-state index in [1.54, 1.807) is 24.5 Å². The quantitative estimate of drug-likeness (QED) is 0.743. The van der Waals surface area contributed by atoms with Gasteiger partial charge in [-0.05, 0) is 11.6 Å². The molecular formula is C9H11ClN2O3. The number of primary amides is 1. The van der Waals surface area contributed by atoms with Gasteiger partial charge in [0.2, 0.25) is 0 Å². The van der Waals surface area contributed by atoms with Gasteiger partial charge in [0.05, 0.1) is 6.42 Å². The van der Waals surface area contributed by atoms with Crippen LogP contribution in [0.4, 0.5) is 0 Å². The number of halogens is 1. The second kappa shape index (κ2) is 6.78. The molecule has 82 valence electrons. The zero-order valence-electron chi connectivity index (χ0n) is 7.88. The van der Waals surface area contributed by atoms with E-state index in [0.29, 0.717) is 0 Å². The van der Waals surface area contributed by atoms with Gasteiger partial charge in [-0.1, -0.05) is 6.07 Å². The molecule has 1 aromatic heterocycles. The number of hydrogen-bond donors (Lipinski definition) is 1. The molecule has 15 heavy (non-hydrogen) atoms. The Hall–Kier alpha value is -1.62. The van der Waals surface area contributed by atoms with E-state index < -0.39 is 11.9 Å². The number of esters is 1. The maximum atomic E-state index is 11.1. The summed E-state index contributed by atoms with van der Waals surface area (Å²) in [6.45, 7) is -0.376. The molecule has 0 aromatic carbocycles. The molecule has 0 aliphatic rings. The predicted octanol–water partition coefficient (Wildman–Crippen LogP) is 0.0744. The summed E-state index contributed by atoms with van der Waals surface area (Å²) in [6.07, 6.45) is 3.27. The van der Waals surface area contributed by atoms with E-state index in [1.165, 1.54) is 0 Å². The Labute approximate surface area is 93.0 Å². The molecule has 1 amide bonds. The first kappa shape index (κ1) is 13.4. The molecule has 0 saturated carbocycles. The minimum Gasteiger partial charge on any atom is -0.455 e. The molecule has 0 aliphatic heterocycles. The highest BCUT2D eigenvalue weighted by molar-refractivity contribution is 5.85. The molecule has 1 rings (SSSR count). The second-order valence-electron chi connectivity index (χ2n) is 2.67. The average Bonchev–Trinajstić information content (AvgIpc) is 2.16. The minimum atomic E-state index is -0.662. The van der Waals surface area contributed by atoms with Gasteiger partial charge < -0.3 is 10.5 Å². The molecule has 0 atom stereocenters. The van der Waals surface area contributed by atoms with Crippen molar-refractivity contribution in [1.29, 1.82) is 0 Å². The third-order valence-corrected chi connectivity index (χ3v) is 1.45. The molecule has 0 aliphatic carbocycles. The van der Waals surface area contributed by atoms with Crippen LogP contribution in [0.1, 0.15) is 5.56 Å². The van der Waals surface area contributed by atoms with Gasteiger partial charge >= 0.3 is 5.97 Å². The van der Waals surface area contributed by atoms with Crippen LogP contribution < -0.4 is 5.73 Å². The summed E-state index contributed by atoms with van der Waals surface area (Å²) in [6, 6.07) is 3.47. The summed E-state index contributed by atoms with van der Waals surface area (Å²) >= 11 is 0. The lowest BCUT2D eigenvalue weighted by molar-refractivity contribution is -0.147. The van der Waals surface area contributed by atoms with Crippen LogP contribution in [0.5, 0.6) is 0 Å². The second-order valence-corrected chi connectivity index (χ2v) is 2.67. The number of ether oxygens (including phenoxy) is 1. The topological polar surface area (TPSA) is 82.3 Å². The molecule has 1 aromatic rings. The van der Waals surface area contributed by atoms with Gasteiger partial charge in [-0.2, -0.15) is 0 Å². The number of carbonyl (C=O) groups is 2. The Balaban J connectivity index is 0.00000196. The lowest BCUT2D eigenvalue weighted by atomic mass is 10.2. The molecule has 0 radical (unpaired) electrons. The van der Waals surface area contributed by atoms with Gasteiger partial charge in [-0.3, -0.25) is 14.6 Å². The highest BCUT2D eigenvalue weighted by Gasteiger charge is 2.05. The molecule has 0 fully saturated rings. The van der Waals surface area contributed by atoms with Crippen molar-refractivity contribution in [3.63, 3.8) is 0 Å². The maximum Gasteiger partial charge on any atom is 0.310 e. The van der Waals surface area contributed by atoms with Crippen molar-refractivity contribution in [2.45, 2.75) is 6.42 Å². The van der Waals surface area contributed by atoms with Gasteiger partial charge in [0.25, 0.3) is 5.91 Å². The van der Waals surface area contributed by atoms with Crippen molar-refractivity contribution in [3.05, 3.63) is 30.1 Å². The van der Waals surface area contributed by atoms with Gasteiger partial charge in [0.1, 0.15) is 0 Å². The van der Waals surface area contributed by atoms with Crippen molar-refractivity contribution >= 4 is 24.3 Å². The van der Waals surface area contributed by atoms with E-state index in [4.69, 9.17) is 5.73 Å². The van der Waals surface area contributed by atoms with Crippen molar-refractivity contribution in [2.75, 3.05) is 6.61 Å². The number of amides is 1. The number of carbonyl (C=O) groups excluding carboxylic acids is 2. The lowest BCUT2D eigenvalue weighted by Crippen LogP contribution is -2.21. The number of hydrogen-bond acceptors (Lipinski definition) is 4. The average molecular weight is 231 g/mol. The van der Waals surface area contributed by atoms with Crippen LogP contribution in [0.15, 0.2) is 24.5 Å². The largest absolute Gasteiger partial charge is 0.455 e. The summed E-state index contributed by atoms with van der Waals surface area (Å²) in [5.74, 6) is -1.15. The Kier molecular flexibility index (Phi) is 6.05. The van der Waals surface area contributed by atoms with Crippen LogP contribution >= 0.6 is 12.4 Å². The third-order valence-electron chi connectivity index (χ3n) is 1.45. The van der Waals surface area contributed by atoms with Crippen molar-refractivity contribution in [3.8, 4) is 0 Å². The molecule has 5 nitrogen and oxygen atoms in total. The zero-order valence-corrected chi connectivity index (χ0v) is 8.70. The fraction of sp³-hybridized carbons (Fsp3) is 0.222. The number of rotatable bonds is 4. The number of nitrogens with two attached hydrogens (primary N) is 1. The van der Waals surface area contributed by atoms with E-state index in [0.717, 1.165) is 5.56 Å². The predicted molar refractivity (Wildman–Crippen MR) is 55.3 cm³/mol. The van der Waals surface area contributed by atoms with Crippen molar-refractivity contribution in [2.24, 2.45) is 5.73 Å². The molecule has 0 unspecified atom stereocenters. The van der Waals surface area contributed by atoms with Crippen LogP contribution in [0, 0.1) is 0 Å². The zero-order chi connectivity index (χ0) is 10.4. The normalized spacial score (nSPS) is 8.80. The Bertz CT molecular complexity index is 329. The lowest BCUT2D eigenvalue weighted by Gasteiger charge is -2.01. The Morgan fingerprint density at radius 1 is 1.47 bits per heavy atom. The molecule has 0 saturated heterocycles. The van der Waals surface area contributed by atoms with Gasteiger partial charge in [-0.25, -0.2) is 0 Å². The van der Waals surface area contributed by atoms with Crippen LogP contribution in [-0.2, 0) is 20.7 Å². The number of pyridine rings is 1. The van der Waals surface area contributed by atoms with E-state index in [9.17, 15) is 9.59 Å². The summed E-state index contributed by atoms with van der Waals surface area (Å²) in [4.78, 5) is 25.2. The standard InChI is InChI=1S/C9H10N2O3.ClH/c10-8(12)6-14-9(13)4-7-2-1-3-11-5-7;/h1-3,5H,4,6H2,(H2,10,12);1H. The molecular weight excluding hydrogens is 220 g/mol. The first-order valence-corrected chi connectivity index (χ1v) is 4.01. The van der Waals surface area contributed by atoms with Gasteiger partial charge in [0, 0.05) is 12.4 Å². The molecule has 0 spiro atoms. The highest BCUT2D eigenvalue weighted by Crippen LogP contribution is 1.98.